The normalized spacial score (nSPS) is 10.8. The van der Waals surface area contributed by atoms with Crippen LogP contribution in [0, 0.1) is 0 Å². The van der Waals surface area contributed by atoms with Crippen LogP contribution in [0.15, 0.2) is 83.0 Å². The van der Waals surface area contributed by atoms with E-state index in [1.165, 1.54) is 11.8 Å². The lowest BCUT2D eigenvalue weighted by molar-refractivity contribution is 0.0946. The predicted molar refractivity (Wildman–Crippen MR) is 99.0 cm³/mol. The molecule has 0 aliphatic carbocycles. The molecule has 0 spiro atoms. The maximum absolute atomic E-state index is 12.7. The lowest BCUT2D eigenvalue weighted by Crippen LogP contribution is -2.24. The van der Waals surface area contributed by atoms with Gasteiger partial charge in [-0.3, -0.25) is 9.20 Å². The maximum atomic E-state index is 12.7. The van der Waals surface area contributed by atoms with E-state index in [0.29, 0.717) is 16.4 Å². The molecule has 0 unspecified atom stereocenters. The number of carbonyl (C=O) groups is 1. The summed E-state index contributed by atoms with van der Waals surface area (Å²) in [5, 5.41) is 11.8. The molecule has 0 aliphatic heterocycles. The van der Waals surface area contributed by atoms with E-state index in [-0.39, 0.29) is 12.5 Å². The van der Waals surface area contributed by atoms with Gasteiger partial charge in [0.1, 0.15) is 5.03 Å². The Morgan fingerprint density at radius 1 is 1.00 bits per heavy atom. The summed E-state index contributed by atoms with van der Waals surface area (Å²) in [4.78, 5) is 18.1. The van der Waals surface area contributed by atoms with Crippen molar-refractivity contribution in [3.8, 4) is 0 Å². The van der Waals surface area contributed by atoms with Crippen LogP contribution in [0.1, 0.15) is 16.2 Å². The van der Waals surface area contributed by atoms with Crippen molar-refractivity contribution < 1.29 is 4.79 Å². The molecule has 0 saturated heterocycles. The first-order chi connectivity index (χ1) is 12.8. The highest BCUT2D eigenvalue weighted by atomic mass is 32.2. The number of nitrogens with one attached hydrogen (secondary N) is 1. The van der Waals surface area contributed by atoms with Gasteiger partial charge in [0, 0.05) is 17.3 Å². The molecule has 1 amide bonds. The summed E-state index contributed by atoms with van der Waals surface area (Å²) in [6.45, 7) is 0.286. The minimum absolute atomic E-state index is 0.191. The van der Waals surface area contributed by atoms with Gasteiger partial charge in [0.15, 0.2) is 11.5 Å². The molecular weight excluding hydrogens is 346 g/mol. The van der Waals surface area contributed by atoms with Crippen LogP contribution in [0.2, 0.25) is 0 Å². The van der Waals surface area contributed by atoms with Gasteiger partial charge in [-0.05, 0) is 36.4 Å². The van der Waals surface area contributed by atoms with Crippen LogP contribution in [0.25, 0.3) is 5.65 Å². The van der Waals surface area contributed by atoms with Gasteiger partial charge in [-0.2, -0.15) is 0 Å². The van der Waals surface area contributed by atoms with Gasteiger partial charge in [-0.25, -0.2) is 4.98 Å². The first-order valence-corrected chi connectivity index (χ1v) is 8.88. The van der Waals surface area contributed by atoms with E-state index in [1.54, 1.807) is 18.3 Å². The molecule has 0 bridgehead atoms. The Morgan fingerprint density at radius 3 is 2.73 bits per heavy atom. The Bertz CT molecular complexity index is 1050. The van der Waals surface area contributed by atoms with E-state index >= 15 is 0 Å². The van der Waals surface area contributed by atoms with Crippen LogP contribution >= 0.6 is 11.8 Å². The SMILES string of the molecule is O=C(NCc1nnc2ccccn12)c1cccnc1Sc1ccccc1. The molecule has 26 heavy (non-hydrogen) atoms. The summed E-state index contributed by atoms with van der Waals surface area (Å²) in [6, 6.07) is 19.1. The van der Waals surface area contributed by atoms with E-state index in [0.717, 1.165) is 10.5 Å². The van der Waals surface area contributed by atoms with Crippen molar-refractivity contribution in [1.29, 1.82) is 0 Å². The first kappa shape index (κ1) is 16.3. The molecule has 0 radical (unpaired) electrons. The van der Waals surface area contributed by atoms with Crippen molar-refractivity contribution in [1.82, 2.24) is 24.9 Å². The molecule has 3 aromatic heterocycles. The van der Waals surface area contributed by atoms with Gasteiger partial charge in [0.2, 0.25) is 0 Å². The van der Waals surface area contributed by atoms with Crippen molar-refractivity contribution in [2.75, 3.05) is 0 Å². The number of carbonyl (C=O) groups excluding carboxylic acids is 1. The summed E-state index contributed by atoms with van der Waals surface area (Å²) in [6.07, 6.45) is 3.56. The van der Waals surface area contributed by atoms with Crippen molar-refractivity contribution in [2.45, 2.75) is 16.5 Å². The van der Waals surface area contributed by atoms with Crippen molar-refractivity contribution >= 4 is 23.3 Å². The molecule has 3 heterocycles. The summed E-state index contributed by atoms with van der Waals surface area (Å²) >= 11 is 1.46. The fourth-order valence-corrected chi connectivity index (χ4v) is 3.41. The number of fused-ring (bicyclic) bond motifs is 1. The quantitative estimate of drug-likeness (QED) is 0.591. The van der Waals surface area contributed by atoms with Crippen LogP contribution in [0.5, 0.6) is 0 Å². The van der Waals surface area contributed by atoms with Crippen LogP contribution < -0.4 is 5.32 Å². The number of nitrogens with zero attached hydrogens (tertiary/aromatic N) is 4. The van der Waals surface area contributed by atoms with Crippen LogP contribution in [-0.4, -0.2) is 25.5 Å². The van der Waals surface area contributed by atoms with Crippen LogP contribution in [0.4, 0.5) is 0 Å². The number of hydrogen-bond acceptors (Lipinski definition) is 5. The van der Waals surface area contributed by atoms with E-state index in [4.69, 9.17) is 0 Å². The van der Waals surface area contributed by atoms with Gasteiger partial charge in [-0.1, -0.05) is 36.0 Å². The van der Waals surface area contributed by atoms with Crippen molar-refractivity contribution in [3.05, 3.63) is 84.4 Å². The lowest BCUT2D eigenvalue weighted by Gasteiger charge is -2.08. The highest BCUT2D eigenvalue weighted by Crippen LogP contribution is 2.28. The summed E-state index contributed by atoms with van der Waals surface area (Å²) in [5.41, 5.74) is 1.29. The standard InChI is InChI=1S/C19H15N5OS/c25-18(21-13-17-23-22-16-10-4-5-12-24(16)17)15-9-6-11-20-19(15)26-14-7-2-1-3-8-14/h1-12H,13H2,(H,21,25). The molecule has 0 saturated carbocycles. The van der Waals surface area contributed by atoms with E-state index in [2.05, 4.69) is 20.5 Å². The molecule has 7 heteroatoms. The molecule has 0 fully saturated rings. The van der Waals surface area contributed by atoms with E-state index < -0.39 is 0 Å². The maximum Gasteiger partial charge on any atom is 0.254 e. The molecule has 0 atom stereocenters. The van der Waals surface area contributed by atoms with Crippen LogP contribution in [-0.2, 0) is 6.54 Å². The molecule has 0 aliphatic rings. The summed E-state index contributed by atoms with van der Waals surface area (Å²) in [5.74, 6) is 0.485. The third-order valence-electron chi connectivity index (χ3n) is 3.76. The first-order valence-electron chi connectivity index (χ1n) is 8.06. The second kappa shape index (κ2) is 7.37. The minimum Gasteiger partial charge on any atom is -0.345 e. The highest BCUT2D eigenvalue weighted by Gasteiger charge is 2.14. The molecule has 4 aromatic rings. The highest BCUT2D eigenvalue weighted by molar-refractivity contribution is 7.99. The smallest absolute Gasteiger partial charge is 0.254 e. The Balaban J connectivity index is 1.51. The number of rotatable bonds is 5. The number of benzene rings is 1. The van der Waals surface area contributed by atoms with Gasteiger partial charge in [0.05, 0.1) is 12.1 Å². The second-order valence-electron chi connectivity index (χ2n) is 5.50. The zero-order chi connectivity index (χ0) is 17.8. The average Bonchev–Trinajstić information content (AvgIpc) is 3.10. The van der Waals surface area contributed by atoms with Crippen molar-refractivity contribution in [3.63, 3.8) is 0 Å². The average molecular weight is 361 g/mol. The zero-order valence-electron chi connectivity index (χ0n) is 13.7. The monoisotopic (exact) mass is 361 g/mol. The summed E-state index contributed by atoms with van der Waals surface area (Å²) < 4.78 is 1.85. The molecule has 128 valence electrons. The van der Waals surface area contributed by atoms with Gasteiger partial charge < -0.3 is 5.32 Å². The Hall–Kier alpha value is -3.19. The number of amides is 1. The minimum atomic E-state index is -0.191. The molecular formula is C19H15N5OS. The summed E-state index contributed by atoms with van der Waals surface area (Å²) in [7, 11) is 0. The molecule has 1 N–H and O–H groups in total. The second-order valence-corrected chi connectivity index (χ2v) is 6.56. The molecule has 4 rings (SSSR count). The Morgan fingerprint density at radius 2 is 1.85 bits per heavy atom. The van der Waals surface area contributed by atoms with Gasteiger partial charge in [0.25, 0.3) is 5.91 Å². The molecule has 6 nitrogen and oxygen atoms in total. The van der Waals surface area contributed by atoms with E-state index in [9.17, 15) is 4.79 Å². The van der Waals surface area contributed by atoms with Gasteiger partial charge >= 0.3 is 0 Å². The molecule has 1 aromatic carbocycles. The number of aromatic nitrogens is 4. The Labute approximate surface area is 154 Å². The third kappa shape index (κ3) is 3.43. The topological polar surface area (TPSA) is 72.2 Å². The van der Waals surface area contributed by atoms with E-state index in [1.807, 2.05) is 59.1 Å². The third-order valence-corrected chi connectivity index (χ3v) is 4.79. The Kier molecular flexibility index (Phi) is 4.61. The fraction of sp³-hybridized carbons (Fsp3) is 0.0526. The number of pyridine rings is 2. The van der Waals surface area contributed by atoms with Crippen molar-refractivity contribution in [2.24, 2.45) is 0 Å². The zero-order valence-corrected chi connectivity index (χ0v) is 14.6. The van der Waals surface area contributed by atoms with Crippen LogP contribution in [0.3, 0.4) is 0 Å². The largest absolute Gasteiger partial charge is 0.345 e. The fourth-order valence-electron chi connectivity index (χ4n) is 2.51. The lowest BCUT2D eigenvalue weighted by atomic mass is 10.2. The van der Waals surface area contributed by atoms with Gasteiger partial charge in [-0.15, -0.1) is 10.2 Å². The number of hydrogen-bond donors (Lipinski definition) is 1. The predicted octanol–water partition coefficient (Wildman–Crippen LogP) is 3.21.